The molecule has 0 aromatic carbocycles. The van der Waals surface area contributed by atoms with Gasteiger partial charge in [0.15, 0.2) is 0 Å². The van der Waals surface area contributed by atoms with E-state index in [4.69, 9.17) is 5.73 Å². The SMILES string of the molecule is CC1CCCCN1CC1CCCCC1N. The summed E-state index contributed by atoms with van der Waals surface area (Å²) in [6.07, 6.45) is 9.59. The Bertz CT molecular complexity index is 173. The average Bonchev–Trinajstić information content (AvgIpc) is 2.24. The Balaban J connectivity index is 1.83. The number of hydrogen-bond acceptors (Lipinski definition) is 2. The summed E-state index contributed by atoms with van der Waals surface area (Å²) in [4.78, 5) is 2.68. The molecule has 2 heteroatoms. The Kier molecular flexibility index (Phi) is 4.04. The van der Waals surface area contributed by atoms with Gasteiger partial charge in [0.25, 0.3) is 0 Å². The first-order valence-electron chi connectivity index (χ1n) is 6.77. The Morgan fingerprint density at radius 2 is 1.80 bits per heavy atom. The molecule has 1 aliphatic carbocycles. The standard InChI is InChI=1S/C13H26N2/c1-11-6-4-5-9-15(11)10-12-7-2-3-8-13(12)14/h11-13H,2-10,14H2,1H3. The van der Waals surface area contributed by atoms with Gasteiger partial charge < -0.3 is 10.6 Å². The van der Waals surface area contributed by atoms with Crippen molar-refractivity contribution in [1.29, 1.82) is 0 Å². The average molecular weight is 210 g/mol. The maximum atomic E-state index is 6.21. The van der Waals surface area contributed by atoms with Crippen LogP contribution in [0.15, 0.2) is 0 Å². The summed E-state index contributed by atoms with van der Waals surface area (Å²) in [5.41, 5.74) is 6.21. The molecule has 0 aromatic heterocycles. The monoisotopic (exact) mass is 210 g/mol. The van der Waals surface area contributed by atoms with Crippen LogP contribution in [0.1, 0.15) is 51.9 Å². The van der Waals surface area contributed by atoms with Gasteiger partial charge in [-0.2, -0.15) is 0 Å². The lowest BCUT2D eigenvalue weighted by Crippen LogP contribution is -2.46. The first-order chi connectivity index (χ1) is 7.27. The second kappa shape index (κ2) is 5.31. The summed E-state index contributed by atoms with van der Waals surface area (Å²) >= 11 is 0. The van der Waals surface area contributed by atoms with Crippen molar-refractivity contribution in [2.45, 2.75) is 64.0 Å². The van der Waals surface area contributed by atoms with Gasteiger partial charge >= 0.3 is 0 Å². The molecule has 1 saturated heterocycles. The molecular weight excluding hydrogens is 184 g/mol. The smallest absolute Gasteiger partial charge is 0.00793 e. The molecule has 2 aliphatic rings. The minimum atomic E-state index is 0.480. The van der Waals surface area contributed by atoms with Gasteiger partial charge in [-0.3, -0.25) is 0 Å². The van der Waals surface area contributed by atoms with Crippen LogP contribution in [0.2, 0.25) is 0 Å². The Morgan fingerprint density at radius 3 is 2.53 bits per heavy atom. The zero-order valence-corrected chi connectivity index (χ0v) is 10.1. The first-order valence-corrected chi connectivity index (χ1v) is 6.77. The van der Waals surface area contributed by atoms with Crippen molar-refractivity contribution >= 4 is 0 Å². The van der Waals surface area contributed by atoms with Gasteiger partial charge in [0.1, 0.15) is 0 Å². The molecule has 2 nitrogen and oxygen atoms in total. The second-order valence-electron chi connectivity index (χ2n) is 5.55. The van der Waals surface area contributed by atoms with Gasteiger partial charge in [-0.1, -0.05) is 19.3 Å². The van der Waals surface area contributed by atoms with Crippen LogP contribution in [-0.4, -0.2) is 30.1 Å². The first kappa shape index (κ1) is 11.4. The van der Waals surface area contributed by atoms with Crippen molar-refractivity contribution in [2.24, 2.45) is 11.7 Å². The predicted octanol–water partition coefficient (Wildman–Crippen LogP) is 2.38. The Labute approximate surface area is 94.2 Å². The fourth-order valence-corrected chi connectivity index (χ4v) is 3.19. The van der Waals surface area contributed by atoms with E-state index in [-0.39, 0.29) is 0 Å². The maximum Gasteiger partial charge on any atom is 0.00793 e. The van der Waals surface area contributed by atoms with Crippen LogP contribution in [-0.2, 0) is 0 Å². The van der Waals surface area contributed by atoms with Gasteiger partial charge in [0.2, 0.25) is 0 Å². The van der Waals surface area contributed by atoms with Crippen LogP contribution < -0.4 is 5.73 Å². The van der Waals surface area contributed by atoms with Gasteiger partial charge in [0.05, 0.1) is 0 Å². The summed E-state index contributed by atoms with van der Waals surface area (Å²) in [6.45, 7) is 4.96. The minimum Gasteiger partial charge on any atom is -0.327 e. The fourth-order valence-electron chi connectivity index (χ4n) is 3.19. The molecule has 3 atom stereocenters. The number of hydrogen-bond donors (Lipinski definition) is 1. The van der Waals surface area contributed by atoms with E-state index in [1.807, 2.05) is 0 Å². The molecule has 0 spiro atoms. The number of piperidine rings is 1. The third kappa shape index (κ3) is 2.94. The van der Waals surface area contributed by atoms with Crippen molar-refractivity contribution in [3.05, 3.63) is 0 Å². The Hall–Kier alpha value is -0.0800. The summed E-state index contributed by atoms with van der Waals surface area (Å²) in [5, 5.41) is 0. The fraction of sp³-hybridized carbons (Fsp3) is 1.00. The number of nitrogens with zero attached hydrogens (tertiary/aromatic N) is 1. The summed E-state index contributed by atoms with van der Waals surface area (Å²) in [5.74, 6) is 0.777. The highest BCUT2D eigenvalue weighted by molar-refractivity contribution is 4.83. The highest BCUT2D eigenvalue weighted by Crippen LogP contribution is 2.26. The van der Waals surface area contributed by atoms with Gasteiger partial charge in [-0.15, -0.1) is 0 Å². The molecule has 0 amide bonds. The molecular formula is C13H26N2. The van der Waals surface area contributed by atoms with Gasteiger partial charge in [-0.25, -0.2) is 0 Å². The van der Waals surface area contributed by atoms with Crippen molar-refractivity contribution < 1.29 is 0 Å². The summed E-state index contributed by atoms with van der Waals surface area (Å²) in [6, 6.07) is 1.28. The molecule has 3 unspecified atom stereocenters. The van der Waals surface area contributed by atoms with Crippen LogP contribution in [0.3, 0.4) is 0 Å². The molecule has 1 aliphatic heterocycles. The van der Waals surface area contributed by atoms with Gasteiger partial charge in [0, 0.05) is 18.6 Å². The molecule has 1 heterocycles. The van der Waals surface area contributed by atoms with Crippen molar-refractivity contribution in [2.75, 3.05) is 13.1 Å². The van der Waals surface area contributed by atoms with Crippen molar-refractivity contribution in [1.82, 2.24) is 4.90 Å². The predicted molar refractivity (Wildman–Crippen MR) is 64.8 cm³/mol. The van der Waals surface area contributed by atoms with E-state index >= 15 is 0 Å². The van der Waals surface area contributed by atoms with Gasteiger partial charge in [-0.05, 0) is 45.1 Å². The van der Waals surface area contributed by atoms with Crippen LogP contribution in [0, 0.1) is 5.92 Å². The van der Waals surface area contributed by atoms with E-state index in [0.717, 1.165) is 12.0 Å². The van der Waals surface area contributed by atoms with Crippen molar-refractivity contribution in [3.8, 4) is 0 Å². The molecule has 0 aromatic rings. The molecule has 88 valence electrons. The quantitative estimate of drug-likeness (QED) is 0.758. The number of rotatable bonds is 2. The Morgan fingerprint density at radius 1 is 1.07 bits per heavy atom. The summed E-state index contributed by atoms with van der Waals surface area (Å²) in [7, 11) is 0. The lowest BCUT2D eigenvalue weighted by molar-refractivity contribution is 0.115. The highest BCUT2D eigenvalue weighted by atomic mass is 15.2. The van der Waals surface area contributed by atoms with E-state index in [0.29, 0.717) is 6.04 Å². The zero-order valence-electron chi connectivity index (χ0n) is 10.1. The molecule has 0 radical (unpaired) electrons. The van der Waals surface area contributed by atoms with Crippen LogP contribution in [0.25, 0.3) is 0 Å². The van der Waals surface area contributed by atoms with Crippen LogP contribution >= 0.6 is 0 Å². The van der Waals surface area contributed by atoms with E-state index in [1.165, 1.54) is 58.0 Å². The van der Waals surface area contributed by atoms with E-state index in [1.54, 1.807) is 0 Å². The zero-order chi connectivity index (χ0) is 10.7. The largest absolute Gasteiger partial charge is 0.327 e. The number of nitrogens with two attached hydrogens (primary N) is 1. The maximum absolute atomic E-state index is 6.21. The molecule has 2 N–H and O–H groups in total. The molecule has 2 fully saturated rings. The minimum absolute atomic E-state index is 0.480. The van der Waals surface area contributed by atoms with E-state index < -0.39 is 0 Å². The summed E-state index contributed by atoms with van der Waals surface area (Å²) < 4.78 is 0. The number of likely N-dealkylation sites (tertiary alicyclic amines) is 1. The highest BCUT2D eigenvalue weighted by Gasteiger charge is 2.26. The van der Waals surface area contributed by atoms with Crippen LogP contribution in [0.5, 0.6) is 0 Å². The normalized spacial score (nSPS) is 39.2. The molecule has 2 rings (SSSR count). The molecule has 15 heavy (non-hydrogen) atoms. The lowest BCUT2D eigenvalue weighted by atomic mass is 9.84. The van der Waals surface area contributed by atoms with E-state index in [2.05, 4.69) is 11.8 Å². The molecule has 1 saturated carbocycles. The third-order valence-corrected chi connectivity index (χ3v) is 4.38. The third-order valence-electron chi connectivity index (χ3n) is 4.38. The van der Waals surface area contributed by atoms with Crippen molar-refractivity contribution in [3.63, 3.8) is 0 Å². The van der Waals surface area contributed by atoms with Crippen LogP contribution in [0.4, 0.5) is 0 Å². The molecule has 0 bridgehead atoms. The topological polar surface area (TPSA) is 29.3 Å². The lowest BCUT2D eigenvalue weighted by Gasteiger charge is -2.39. The second-order valence-corrected chi connectivity index (χ2v) is 5.55. The van der Waals surface area contributed by atoms with E-state index in [9.17, 15) is 0 Å².